The van der Waals surface area contributed by atoms with Crippen molar-refractivity contribution >= 4 is 5.91 Å². The molecule has 126 valence electrons. The number of halogens is 3. The molecule has 0 fully saturated rings. The summed E-state index contributed by atoms with van der Waals surface area (Å²) in [6.45, 7) is 0.187. The first-order chi connectivity index (χ1) is 11.4. The summed E-state index contributed by atoms with van der Waals surface area (Å²) in [5, 5.41) is 2.41. The number of carbonyl (C=O) groups is 1. The molecule has 8 heteroatoms. The summed E-state index contributed by atoms with van der Waals surface area (Å²) in [5.41, 5.74) is -1.74. The van der Waals surface area contributed by atoms with Crippen LogP contribution in [0.25, 0.3) is 0 Å². The van der Waals surface area contributed by atoms with Crippen molar-refractivity contribution in [3.05, 3.63) is 53.9 Å². The number of hydrogen-bond acceptors (Lipinski definition) is 4. The molecule has 0 spiro atoms. The molecular weight excluding hydrogens is 325 g/mol. The third kappa shape index (κ3) is 3.42. The molecule has 1 aliphatic heterocycles. The number of nitrogens with one attached hydrogen (secondary N) is 1. The fourth-order valence-corrected chi connectivity index (χ4v) is 2.27. The molecule has 0 radical (unpaired) electrons. The third-order valence-electron chi connectivity index (χ3n) is 3.39. The number of carbonyl (C=O) groups excluding carboxylic acids is 1. The van der Waals surface area contributed by atoms with Crippen molar-refractivity contribution in [3.63, 3.8) is 0 Å². The molecule has 5 nitrogen and oxygen atoms in total. The first-order valence-corrected chi connectivity index (χ1v) is 7.14. The van der Waals surface area contributed by atoms with Gasteiger partial charge < -0.3 is 14.8 Å². The van der Waals surface area contributed by atoms with E-state index in [4.69, 9.17) is 9.47 Å². The van der Waals surface area contributed by atoms with Crippen LogP contribution in [0.3, 0.4) is 0 Å². The normalized spacial score (nSPS) is 16.5. The van der Waals surface area contributed by atoms with E-state index in [0.29, 0.717) is 11.5 Å². The van der Waals surface area contributed by atoms with Gasteiger partial charge in [-0.1, -0.05) is 12.1 Å². The Morgan fingerprint density at radius 3 is 2.71 bits per heavy atom. The minimum absolute atomic E-state index is 0.00103. The maximum absolute atomic E-state index is 12.9. The Labute approximate surface area is 135 Å². The van der Waals surface area contributed by atoms with Crippen molar-refractivity contribution in [2.75, 3.05) is 13.2 Å². The number of amides is 1. The molecule has 0 bridgehead atoms. The van der Waals surface area contributed by atoms with Gasteiger partial charge in [0, 0.05) is 6.20 Å². The second-order valence-corrected chi connectivity index (χ2v) is 5.10. The van der Waals surface area contributed by atoms with Gasteiger partial charge in [-0.15, -0.1) is 0 Å². The Morgan fingerprint density at radius 2 is 1.96 bits per heavy atom. The largest absolute Gasteiger partial charge is 0.486 e. The predicted molar refractivity (Wildman–Crippen MR) is 77.9 cm³/mol. The van der Waals surface area contributed by atoms with Crippen LogP contribution < -0.4 is 14.8 Å². The van der Waals surface area contributed by atoms with E-state index >= 15 is 0 Å². The maximum atomic E-state index is 12.9. The number of alkyl halides is 3. The molecule has 1 aromatic heterocycles. The Morgan fingerprint density at radius 1 is 1.21 bits per heavy atom. The predicted octanol–water partition coefficient (Wildman–Crippen LogP) is 2.67. The summed E-state index contributed by atoms with van der Waals surface area (Å²) in [7, 11) is 0. The highest BCUT2D eigenvalue weighted by Gasteiger charge is 2.36. The van der Waals surface area contributed by atoms with E-state index in [0.717, 1.165) is 18.3 Å². The number of ether oxygens (including phenoxy) is 2. The van der Waals surface area contributed by atoms with Crippen LogP contribution in [0.15, 0.2) is 42.6 Å². The molecular formula is C16H13F3N2O3. The Balaban J connectivity index is 1.65. The summed E-state index contributed by atoms with van der Waals surface area (Å²) in [4.78, 5) is 15.6. The zero-order valence-electron chi connectivity index (χ0n) is 12.3. The van der Waals surface area contributed by atoms with Crippen LogP contribution in [-0.4, -0.2) is 30.1 Å². The van der Waals surface area contributed by atoms with Crippen LogP contribution in [0.5, 0.6) is 11.5 Å². The van der Waals surface area contributed by atoms with Gasteiger partial charge in [0.25, 0.3) is 5.91 Å². The fraction of sp³-hybridized carbons (Fsp3) is 0.250. The second kappa shape index (κ2) is 6.38. The summed E-state index contributed by atoms with van der Waals surface area (Å²) >= 11 is 0. The Kier molecular flexibility index (Phi) is 4.28. The second-order valence-electron chi connectivity index (χ2n) is 5.10. The van der Waals surface area contributed by atoms with Gasteiger partial charge in [-0.05, 0) is 24.3 Å². The number of pyridine rings is 1. The molecule has 1 amide bonds. The standard InChI is InChI=1S/C16H13F3N2O3/c17-16(18,19)11-4-3-7-20-14(11)15(22)21-8-10-9-23-12-5-1-2-6-13(12)24-10/h1-7,10H,8-9H2,(H,21,22)/t10-/m0/s1. The van der Waals surface area contributed by atoms with Crippen LogP contribution in [0.4, 0.5) is 13.2 Å². The van der Waals surface area contributed by atoms with Crippen molar-refractivity contribution in [3.8, 4) is 11.5 Å². The monoisotopic (exact) mass is 338 g/mol. The zero-order valence-corrected chi connectivity index (χ0v) is 12.3. The average Bonchev–Trinajstić information content (AvgIpc) is 2.58. The van der Waals surface area contributed by atoms with Gasteiger partial charge in [0.05, 0.1) is 12.1 Å². The lowest BCUT2D eigenvalue weighted by Gasteiger charge is -2.26. The van der Waals surface area contributed by atoms with Crippen LogP contribution in [-0.2, 0) is 6.18 Å². The molecule has 1 aliphatic rings. The highest BCUT2D eigenvalue weighted by Crippen LogP contribution is 2.32. The lowest BCUT2D eigenvalue weighted by molar-refractivity contribution is -0.138. The summed E-state index contributed by atoms with van der Waals surface area (Å²) in [5.74, 6) is 0.200. The molecule has 0 unspecified atom stereocenters. The van der Waals surface area contributed by atoms with E-state index in [1.54, 1.807) is 24.3 Å². The summed E-state index contributed by atoms with van der Waals surface area (Å²) < 4.78 is 49.8. The van der Waals surface area contributed by atoms with Gasteiger partial charge in [0.1, 0.15) is 18.4 Å². The highest BCUT2D eigenvalue weighted by molar-refractivity contribution is 5.93. The minimum Gasteiger partial charge on any atom is -0.486 e. The number of aromatic nitrogens is 1. The van der Waals surface area contributed by atoms with E-state index in [1.807, 2.05) is 0 Å². The fourth-order valence-electron chi connectivity index (χ4n) is 2.27. The van der Waals surface area contributed by atoms with Gasteiger partial charge in [0.2, 0.25) is 0 Å². The van der Waals surface area contributed by atoms with Gasteiger partial charge in [-0.2, -0.15) is 13.2 Å². The number of nitrogens with zero attached hydrogens (tertiary/aromatic N) is 1. The molecule has 2 heterocycles. The van der Waals surface area contributed by atoms with E-state index in [-0.39, 0.29) is 13.2 Å². The highest BCUT2D eigenvalue weighted by atomic mass is 19.4. The molecule has 0 saturated carbocycles. The third-order valence-corrected chi connectivity index (χ3v) is 3.39. The summed E-state index contributed by atoms with van der Waals surface area (Å²) in [6.07, 6.45) is -4.01. The SMILES string of the molecule is O=C(NC[C@H]1COc2ccccc2O1)c1ncccc1C(F)(F)F. The van der Waals surface area contributed by atoms with Crippen molar-refractivity contribution in [2.24, 2.45) is 0 Å². The van der Waals surface area contributed by atoms with E-state index in [1.165, 1.54) is 0 Å². The van der Waals surface area contributed by atoms with Crippen molar-refractivity contribution < 1.29 is 27.4 Å². The quantitative estimate of drug-likeness (QED) is 0.935. The number of fused-ring (bicyclic) bond motifs is 1. The van der Waals surface area contributed by atoms with E-state index in [2.05, 4.69) is 10.3 Å². The Hall–Kier alpha value is -2.77. The van der Waals surface area contributed by atoms with Crippen molar-refractivity contribution in [1.29, 1.82) is 0 Å². The maximum Gasteiger partial charge on any atom is 0.418 e. The van der Waals surface area contributed by atoms with Crippen LogP contribution >= 0.6 is 0 Å². The Bertz CT molecular complexity index is 749. The molecule has 2 aromatic rings. The van der Waals surface area contributed by atoms with E-state index in [9.17, 15) is 18.0 Å². The first kappa shape index (κ1) is 16.1. The molecule has 24 heavy (non-hydrogen) atoms. The van der Waals surface area contributed by atoms with Crippen LogP contribution in [0.1, 0.15) is 16.1 Å². The molecule has 0 aliphatic carbocycles. The molecule has 0 saturated heterocycles. The van der Waals surface area contributed by atoms with Crippen LogP contribution in [0, 0.1) is 0 Å². The van der Waals surface area contributed by atoms with Gasteiger partial charge in [-0.25, -0.2) is 0 Å². The number of hydrogen-bond donors (Lipinski definition) is 1. The lowest BCUT2D eigenvalue weighted by atomic mass is 10.1. The zero-order chi connectivity index (χ0) is 17.2. The minimum atomic E-state index is -4.65. The van der Waals surface area contributed by atoms with Crippen molar-refractivity contribution in [2.45, 2.75) is 12.3 Å². The van der Waals surface area contributed by atoms with E-state index < -0.39 is 29.4 Å². The van der Waals surface area contributed by atoms with Crippen molar-refractivity contribution in [1.82, 2.24) is 10.3 Å². The molecule has 1 N–H and O–H groups in total. The lowest BCUT2D eigenvalue weighted by Crippen LogP contribution is -2.41. The van der Waals surface area contributed by atoms with Gasteiger partial charge in [0.15, 0.2) is 11.5 Å². The number of benzene rings is 1. The molecule has 1 aromatic carbocycles. The van der Waals surface area contributed by atoms with Gasteiger partial charge in [-0.3, -0.25) is 9.78 Å². The smallest absolute Gasteiger partial charge is 0.418 e. The molecule has 3 rings (SSSR count). The first-order valence-electron chi connectivity index (χ1n) is 7.14. The van der Waals surface area contributed by atoms with Crippen LogP contribution in [0.2, 0.25) is 0 Å². The van der Waals surface area contributed by atoms with Gasteiger partial charge >= 0.3 is 6.18 Å². The molecule has 1 atom stereocenters. The number of para-hydroxylation sites is 2. The average molecular weight is 338 g/mol. The number of rotatable bonds is 3. The topological polar surface area (TPSA) is 60.5 Å². The summed E-state index contributed by atoms with van der Waals surface area (Å²) in [6, 6.07) is 8.97.